The molecular formula is C28H32N4O3S2. The second-order valence-electron chi connectivity index (χ2n) is 11.3. The van der Waals surface area contributed by atoms with E-state index in [0.717, 1.165) is 28.3 Å². The Kier molecular flexibility index (Phi) is 6.20. The molecule has 0 spiro atoms. The fraction of sp³-hybridized carbons (Fsp3) is 0.464. The molecule has 0 atom stereocenters. The van der Waals surface area contributed by atoms with Crippen molar-refractivity contribution < 1.29 is 13.2 Å². The van der Waals surface area contributed by atoms with Crippen molar-refractivity contribution in [1.29, 1.82) is 0 Å². The van der Waals surface area contributed by atoms with E-state index >= 15 is 0 Å². The third-order valence-corrected chi connectivity index (χ3v) is 11.5. The van der Waals surface area contributed by atoms with Crippen LogP contribution in [-0.4, -0.2) is 42.9 Å². The summed E-state index contributed by atoms with van der Waals surface area (Å²) in [5.41, 5.74) is 1.53. The van der Waals surface area contributed by atoms with Gasteiger partial charge in [-0.3, -0.25) is 9.69 Å². The first-order valence-corrected chi connectivity index (χ1v) is 15.2. The smallest absolute Gasteiger partial charge is 0.260 e. The second kappa shape index (κ2) is 9.29. The minimum atomic E-state index is -3.57. The highest BCUT2D eigenvalue weighted by atomic mass is 32.2. The molecule has 0 unspecified atom stereocenters. The molecule has 9 heteroatoms. The summed E-state index contributed by atoms with van der Waals surface area (Å²) in [4.78, 5) is 15.6. The van der Waals surface area contributed by atoms with E-state index in [4.69, 9.17) is 5.10 Å². The van der Waals surface area contributed by atoms with Crippen LogP contribution >= 0.6 is 11.3 Å². The molecule has 7 rings (SSSR count). The summed E-state index contributed by atoms with van der Waals surface area (Å²) in [6, 6.07) is 16.0. The lowest BCUT2D eigenvalue weighted by Gasteiger charge is -2.55. The number of hydrogen-bond donors (Lipinski definition) is 0. The Labute approximate surface area is 222 Å². The summed E-state index contributed by atoms with van der Waals surface area (Å²) >= 11 is 1.56. The standard InChI is InChI=1S/C28H32N4O3S2/c1-31(2)37(34,35)24-10-8-23(9-11-24)25(33)32(18-19-6-4-3-5-7-19)27-30-29-26(36-27)28-15-20-12-21(16-28)14-22(13-20)17-28/h3-11,20-22H,12-18H2,1-2H3. The minimum Gasteiger partial charge on any atom is -0.278 e. The van der Waals surface area contributed by atoms with Gasteiger partial charge in [-0.1, -0.05) is 41.7 Å². The molecule has 2 aromatic carbocycles. The Hall–Kier alpha value is -2.62. The Morgan fingerprint density at radius 2 is 1.51 bits per heavy atom. The first-order chi connectivity index (χ1) is 17.7. The van der Waals surface area contributed by atoms with Crippen LogP contribution in [0.2, 0.25) is 0 Å². The molecule has 4 bridgehead atoms. The third-order valence-electron chi connectivity index (χ3n) is 8.45. The molecule has 4 fully saturated rings. The van der Waals surface area contributed by atoms with Crippen molar-refractivity contribution >= 4 is 32.4 Å². The summed E-state index contributed by atoms with van der Waals surface area (Å²) in [5.74, 6) is 2.19. The minimum absolute atomic E-state index is 0.119. The van der Waals surface area contributed by atoms with Gasteiger partial charge in [0.05, 0.1) is 11.4 Å². The predicted octanol–water partition coefficient (Wildman–Crippen LogP) is 5.10. The highest BCUT2D eigenvalue weighted by Crippen LogP contribution is 2.61. The summed E-state index contributed by atoms with van der Waals surface area (Å²) < 4.78 is 26.1. The van der Waals surface area contributed by atoms with Crippen LogP contribution in [-0.2, 0) is 22.0 Å². The summed E-state index contributed by atoms with van der Waals surface area (Å²) in [6.07, 6.45) is 7.68. The number of anilines is 1. The fourth-order valence-electron chi connectivity index (χ4n) is 7.04. The van der Waals surface area contributed by atoms with E-state index < -0.39 is 10.0 Å². The average Bonchev–Trinajstić information content (AvgIpc) is 3.38. The summed E-state index contributed by atoms with van der Waals surface area (Å²) in [6.45, 7) is 0.368. The van der Waals surface area contributed by atoms with E-state index in [-0.39, 0.29) is 16.2 Å². The SMILES string of the molecule is CN(C)S(=O)(=O)c1ccc(C(=O)N(Cc2ccccc2)c2nnc(C34CC5CC(CC(C5)C3)C4)s2)cc1. The van der Waals surface area contributed by atoms with Gasteiger partial charge in [-0.25, -0.2) is 12.7 Å². The highest BCUT2D eigenvalue weighted by Gasteiger charge is 2.53. The lowest BCUT2D eigenvalue weighted by atomic mass is 9.50. The van der Waals surface area contributed by atoms with Gasteiger partial charge in [0.1, 0.15) is 5.01 Å². The van der Waals surface area contributed by atoms with E-state index in [1.807, 2.05) is 30.3 Å². The van der Waals surface area contributed by atoms with Gasteiger partial charge >= 0.3 is 0 Å². The van der Waals surface area contributed by atoms with Gasteiger partial charge in [-0.15, -0.1) is 10.2 Å². The van der Waals surface area contributed by atoms with Crippen LogP contribution in [0.25, 0.3) is 0 Å². The van der Waals surface area contributed by atoms with Crippen molar-refractivity contribution in [2.75, 3.05) is 19.0 Å². The van der Waals surface area contributed by atoms with Crippen molar-refractivity contribution in [3.05, 3.63) is 70.7 Å². The first-order valence-electron chi connectivity index (χ1n) is 13.0. The van der Waals surface area contributed by atoms with E-state index in [9.17, 15) is 13.2 Å². The van der Waals surface area contributed by atoms with E-state index in [1.165, 1.54) is 69.1 Å². The number of aromatic nitrogens is 2. The third kappa shape index (κ3) is 4.51. The Balaban J connectivity index is 1.32. The number of benzene rings is 2. The number of nitrogens with zero attached hydrogens (tertiary/aromatic N) is 4. The molecule has 4 aliphatic rings. The molecule has 37 heavy (non-hydrogen) atoms. The van der Waals surface area contributed by atoms with Crippen LogP contribution in [0.1, 0.15) is 59.5 Å². The molecule has 0 N–H and O–H groups in total. The molecule has 4 saturated carbocycles. The van der Waals surface area contributed by atoms with Gasteiger partial charge in [0.15, 0.2) is 0 Å². The number of amides is 1. The fourth-order valence-corrected chi connectivity index (χ4v) is 9.00. The number of carbonyl (C=O) groups excluding carboxylic acids is 1. The quantitative estimate of drug-likeness (QED) is 0.419. The van der Waals surface area contributed by atoms with Crippen LogP contribution in [0.5, 0.6) is 0 Å². The van der Waals surface area contributed by atoms with Crippen molar-refractivity contribution in [2.45, 2.75) is 55.4 Å². The second-order valence-corrected chi connectivity index (χ2v) is 14.4. The molecule has 4 aliphatic carbocycles. The van der Waals surface area contributed by atoms with Crippen molar-refractivity contribution in [1.82, 2.24) is 14.5 Å². The number of hydrogen-bond acceptors (Lipinski definition) is 6. The Morgan fingerprint density at radius 3 is 2.08 bits per heavy atom. The maximum Gasteiger partial charge on any atom is 0.260 e. The Morgan fingerprint density at radius 1 is 0.919 bits per heavy atom. The summed E-state index contributed by atoms with van der Waals surface area (Å²) in [7, 11) is -0.585. The zero-order chi connectivity index (χ0) is 25.8. The van der Waals surface area contributed by atoms with E-state index in [2.05, 4.69) is 5.10 Å². The van der Waals surface area contributed by atoms with Gasteiger partial charge < -0.3 is 0 Å². The van der Waals surface area contributed by atoms with Crippen molar-refractivity contribution in [2.24, 2.45) is 17.8 Å². The molecule has 0 radical (unpaired) electrons. The van der Waals surface area contributed by atoms with Crippen molar-refractivity contribution in [3.63, 3.8) is 0 Å². The molecule has 1 heterocycles. The molecule has 1 aromatic heterocycles. The van der Waals surface area contributed by atoms with E-state index in [0.29, 0.717) is 17.2 Å². The highest BCUT2D eigenvalue weighted by molar-refractivity contribution is 7.89. The number of sulfonamides is 1. The average molecular weight is 537 g/mol. The molecule has 0 saturated heterocycles. The van der Waals surface area contributed by atoms with Crippen LogP contribution < -0.4 is 4.90 Å². The maximum atomic E-state index is 13.8. The van der Waals surface area contributed by atoms with Gasteiger partial charge in [0, 0.05) is 25.1 Å². The molecule has 7 nitrogen and oxygen atoms in total. The number of rotatable bonds is 7. The predicted molar refractivity (Wildman–Crippen MR) is 144 cm³/mol. The first kappa shape index (κ1) is 24.7. The largest absolute Gasteiger partial charge is 0.278 e. The topological polar surface area (TPSA) is 83.5 Å². The van der Waals surface area contributed by atoms with Gasteiger partial charge in [-0.2, -0.15) is 0 Å². The lowest BCUT2D eigenvalue weighted by Crippen LogP contribution is -2.48. The van der Waals surface area contributed by atoms with Gasteiger partial charge in [0.2, 0.25) is 15.2 Å². The van der Waals surface area contributed by atoms with Crippen LogP contribution in [0, 0.1) is 17.8 Å². The maximum absolute atomic E-state index is 13.8. The lowest BCUT2D eigenvalue weighted by molar-refractivity contribution is -0.00555. The normalized spacial score (nSPS) is 26.5. The molecule has 3 aromatic rings. The molecular weight excluding hydrogens is 504 g/mol. The Bertz CT molecular complexity index is 1370. The van der Waals surface area contributed by atoms with Crippen molar-refractivity contribution in [3.8, 4) is 0 Å². The molecule has 194 valence electrons. The van der Waals surface area contributed by atoms with E-state index in [1.54, 1.807) is 28.4 Å². The van der Waals surface area contributed by atoms with Gasteiger partial charge in [-0.05, 0) is 86.1 Å². The number of carbonyl (C=O) groups is 1. The van der Waals surface area contributed by atoms with Crippen LogP contribution in [0.4, 0.5) is 5.13 Å². The zero-order valence-corrected chi connectivity index (χ0v) is 22.8. The molecule has 1 amide bonds. The van der Waals surface area contributed by atoms with Crippen LogP contribution in [0.3, 0.4) is 0 Å². The molecule has 0 aliphatic heterocycles. The van der Waals surface area contributed by atoms with Crippen LogP contribution in [0.15, 0.2) is 59.5 Å². The zero-order valence-electron chi connectivity index (χ0n) is 21.2. The monoisotopic (exact) mass is 536 g/mol. The summed E-state index contributed by atoms with van der Waals surface area (Å²) in [5, 5.41) is 11.0. The van der Waals surface area contributed by atoms with Gasteiger partial charge in [0.25, 0.3) is 5.91 Å².